The van der Waals surface area contributed by atoms with Crippen LogP contribution in [-0.2, 0) is 0 Å². The fourth-order valence-electron chi connectivity index (χ4n) is 1.77. The van der Waals surface area contributed by atoms with Crippen molar-refractivity contribution in [2.24, 2.45) is 0 Å². The maximum absolute atomic E-state index is 11.4. The van der Waals surface area contributed by atoms with Crippen LogP contribution in [0.25, 0.3) is 10.9 Å². The summed E-state index contributed by atoms with van der Waals surface area (Å²) in [5.41, 5.74) is 1.12. The van der Waals surface area contributed by atoms with Crippen molar-refractivity contribution in [3.63, 3.8) is 0 Å². The molecule has 3 nitrogen and oxygen atoms in total. The number of hydrogen-bond donors (Lipinski definition) is 0. The lowest BCUT2D eigenvalue weighted by Crippen LogP contribution is -2.03. The van der Waals surface area contributed by atoms with Gasteiger partial charge in [0.15, 0.2) is 5.78 Å². The van der Waals surface area contributed by atoms with Crippen LogP contribution in [0.3, 0.4) is 0 Å². The van der Waals surface area contributed by atoms with Gasteiger partial charge in [-0.25, -0.2) is 0 Å². The van der Waals surface area contributed by atoms with Crippen LogP contribution in [-0.4, -0.2) is 16.3 Å². The van der Waals surface area contributed by atoms with Crippen LogP contribution in [0.5, 0.6) is 0 Å². The van der Waals surface area contributed by atoms with E-state index in [1.807, 2.05) is 0 Å². The molecule has 1 aromatic carbocycles. The first-order valence-electron chi connectivity index (χ1n) is 4.84. The van der Waals surface area contributed by atoms with Crippen LogP contribution < -0.4 is 0 Å². The highest BCUT2D eigenvalue weighted by molar-refractivity contribution is 6.36. The van der Waals surface area contributed by atoms with E-state index < -0.39 is 0 Å². The largest absolute Gasteiger partial charge is 0.294 e. The molecule has 0 saturated heterocycles. The second-order valence-corrected chi connectivity index (χ2v) is 4.03. The summed E-state index contributed by atoms with van der Waals surface area (Å²) in [5.74, 6) is -0.238. The lowest BCUT2D eigenvalue weighted by molar-refractivity contribution is 0.0941. The van der Waals surface area contributed by atoms with E-state index in [1.165, 1.54) is 18.4 Å². The standard InChI is InChI=1S/C12H10ClNO2/c1-7(15)10-6-14(8(2)16)12-9(10)4-3-5-11(12)13/h3-6H,1-2H3. The van der Waals surface area contributed by atoms with Crippen molar-refractivity contribution in [3.8, 4) is 0 Å². The van der Waals surface area contributed by atoms with Gasteiger partial charge in [0.1, 0.15) is 0 Å². The molecule has 2 rings (SSSR count). The second kappa shape index (κ2) is 3.76. The van der Waals surface area contributed by atoms with Gasteiger partial charge < -0.3 is 0 Å². The van der Waals surface area contributed by atoms with Gasteiger partial charge in [-0.15, -0.1) is 0 Å². The van der Waals surface area contributed by atoms with E-state index >= 15 is 0 Å². The SMILES string of the molecule is CC(=O)c1cn(C(C)=O)c2c(Cl)cccc12. The minimum Gasteiger partial charge on any atom is -0.294 e. The molecule has 0 unspecified atom stereocenters. The Bertz CT molecular complexity index is 598. The lowest BCUT2D eigenvalue weighted by Gasteiger charge is -2.00. The summed E-state index contributed by atoms with van der Waals surface area (Å²) in [4.78, 5) is 22.9. The third kappa shape index (κ3) is 1.53. The number of Topliss-reactive ketones (excluding diaryl/α,β-unsaturated/α-hetero) is 1. The Morgan fingerprint density at radius 2 is 1.94 bits per heavy atom. The van der Waals surface area contributed by atoms with Crippen molar-refractivity contribution >= 4 is 34.2 Å². The third-order valence-corrected chi connectivity index (χ3v) is 2.80. The first-order chi connectivity index (χ1) is 7.52. The highest BCUT2D eigenvalue weighted by Gasteiger charge is 2.15. The Morgan fingerprint density at radius 3 is 2.50 bits per heavy atom. The molecule has 0 radical (unpaired) electrons. The molecule has 0 aliphatic heterocycles. The molecule has 1 heterocycles. The Labute approximate surface area is 97.6 Å². The molecular formula is C12H10ClNO2. The van der Waals surface area contributed by atoms with Crippen LogP contribution in [0.2, 0.25) is 5.02 Å². The van der Waals surface area contributed by atoms with E-state index in [0.717, 1.165) is 5.39 Å². The van der Waals surface area contributed by atoms with Crippen LogP contribution in [0.15, 0.2) is 24.4 Å². The Balaban J connectivity index is 2.93. The molecule has 1 aromatic heterocycles. The number of carbonyl (C=O) groups is 2. The molecule has 0 saturated carbocycles. The van der Waals surface area contributed by atoms with Crippen molar-refractivity contribution in [2.75, 3.05) is 0 Å². The van der Waals surface area contributed by atoms with Crippen LogP contribution in [0.1, 0.15) is 29.0 Å². The summed E-state index contributed by atoms with van der Waals surface area (Å²) in [5, 5.41) is 1.19. The first kappa shape index (κ1) is 10.9. The highest BCUT2D eigenvalue weighted by atomic mass is 35.5. The number of aromatic nitrogens is 1. The maximum atomic E-state index is 11.4. The van der Waals surface area contributed by atoms with Crippen LogP contribution >= 0.6 is 11.6 Å². The zero-order valence-electron chi connectivity index (χ0n) is 8.95. The van der Waals surface area contributed by atoms with Crippen LogP contribution in [0.4, 0.5) is 0 Å². The van der Waals surface area contributed by atoms with E-state index in [9.17, 15) is 9.59 Å². The van der Waals surface area contributed by atoms with Gasteiger partial charge >= 0.3 is 0 Å². The molecule has 0 fully saturated rings. The minimum atomic E-state index is -0.161. The van der Waals surface area contributed by atoms with Gasteiger partial charge in [0, 0.05) is 24.1 Å². The average Bonchev–Trinajstić information content (AvgIpc) is 2.58. The van der Waals surface area contributed by atoms with Gasteiger partial charge in [-0.3, -0.25) is 14.2 Å². The predicted molar refractivity (Wildman–Crippen MR) is 63.3 cm³/mol. The normalized spacial score (nSPS) is 10.7. The fourth-order valence-corrected chi connectivity index (χ4v) is 2.04. The molecule has 4 heteroatoms. The number of para-hydroxylation sites is 1. The molecule has 2 aromatic rings. The second-order valence-electron chi connectivity index (χ2n) is 3.62. The van der Waals surface area contributed by atoms with E-state index in [1.54, 1.807) is 24.4 Å². The zero-order valence-corrected chi connectivity index (χ0v) is 9.71. The van der Waals surface area contributed by atoms with Crippen molar-refractivity contribution in [2.45, 2.75) is 13.8 Å². The van der Waals surface area contributed by atoms with Gasteiger partial charge in [-0.2, -0.15) is 0 Å². The van der Waals surface area contributed by atoms with E-state index in [-0.39, 0.29) is 11.7 Å². The van der Waals surface area contributed by atoms with Gasteiger partial charge in [-0.1, -0.05) is 23.7 Å². The number of benzene rings is 1. The number of ketones is 1. The van der Waals surface area contributed by atoms with Crippen molar-refractivity contribution in [1.29, 1.82) is 0 Å². The van der Waals surface area contributed by atoms with Gasteiger partial charge in [0.25, 0.3) is 0 Å². The number of carbonyl (C=O) groups excluding carboxylic acids is 2. The summed E-state index contributed by atoms with van der Waals surface area (Å²) < 4.78 is 1.41. The Hall–Kier alpha value is -1.61. The lowest BCUT2D eigenvalue weighted by atomic mass is 10.1. The summed E-state index contributed by atoms with van der Waals surface area (Å²) >= 11 is 6.04. The first-order valence-corrected chi connectivity index (χ1v) is 5.21. The summed E-state index contributed by atoms with van der Waals surface area (Å²) in [6.45, 7) is 2.91. The molecule has 0 aliphatic rings. The summed E-state index contributed by atoms with van der Waals surface area (Å²) in [6.07, 6.45) is 1.54. The maximum Gasteiger partial charge on any atom is 0.228 e. The number of hydrogen-bond acceptors (Lipinski definition) is 2. The number of nitrogens with zero attached hydrogens (tertiary/aromatic N) is 1. The monoisotopic (exact) mass is 235 g/mol. The number of halogens is 1. The topological polar surface area (TPSA) is 39.1 Å². The molecule has 0 N–H and O–H groups in total. The average molecular weight is 236 g/mol. The molecule has 16 heavy (non-hydrogen) atoms. The Morgan fingerprint density at radius 1 is 1.25 bits per heavy atom. The predicted octanol–water partition coefficient (Wildman–Crippen LogP) is 3.16. The molecule has 0 amide bonds. The number of rotatable bonds is 1. The molecule has 0 spiro atoms. The molecule has 0 atom stereocenters. The van der Waals surface area contributed by atoms with Crippen molar-refractivity contribution < 1.29 is 9.59 Å². The van der Waals surface area contributed by atoms with Crippen molar-refractivity contribution in [3.05, 3.63) is 35.0 Å². The highest BCUT2D eigenvalue weighted by Crippen LogP contribution is 2.28. The van der Waals surface area contributed by atoms with Gasteiger partial charge in [0.2, 0.25) is 5.91 Å². The zero-order chi connectivity index (χ0) is 11.9. The van der Waals surface area contributed by atoms with E-state index in [0.29, 0.717) is 16.1 Å². The molecule has 82 valence electrons. The van der Waals surface area contributed by atoms with Crippen LogP contribution in [0, 0.1) is 0 Å². The van der Waals surface area contributed by atoms with Gasteiger partial charge in [-0.05, 0) is 13.0 Å². The van der Waals surface area contributed by atoms with E-state index in [2.05, 4.69) is 0 Å². The molecular weight excluding hydrogens is 226 g/mol. The Kier molecular flexibility index (Phi) is 2.56. The summed E-state index contributed by atoms with van der Waals surface area (Å²) in [7, 11) is 0. The van der Waals surface area contributed by atoms with Gasteiger partial charge in [0.05, 0.1) is 10.5 Å². The molecule has 0 aliphatic carbocycles. The quantitative estimate of drug-likeness (QED) is 0.713. The fraction of sp³-hybridized carbons (Fsp3) is 0.167. The smallest absolute Gasteiger partial charge is 0.228 e. The minimum absolute atomic E-state index is 0.0766. The van der Waals surface area contributed by atoms with Crippen molar-refractivity contribution in [1.82, 2.24) is 4.57 Å². The van der Waals surface area contributed by atoms with E-state index in [4.69, 9.17) is 11.6 Å². The summed E-state index contributed by atoms with van der Waals surface area (Å²) in [6, 6.07) is 5.26. The molecule has 0 bridgehead atoms. The third-order valence-electron chi connectivity index (χ3n) is 2.49. The number of fused-ring (bicyclic) bond motifs is 1.